The minimum absolute atomic E-state index is 0.0709. The average Bonchev–Trinajstić information content (AvgIpc) is 2.83. The summed E-state index contributed by atoms with van der Waals surface area (Å²) in [6, 6.07) is 0.720. The first-order chi connectivity index (χ1) is 10.7. The van der Waals surface area contributed by atoms with Crippen LogP contribution in [0.4, 0.5) is 13.2 Å². The zero-order chi connectivity index (χ0) is 16.8. The average molecular weight is 352 g/mol. The van der Waals surface area contributed by atoms with Gasteiger partial charge in [0.05, 0.1) is 24.7 Å². The summed E-state index contributed by atoms with van der Waals surface area (Å²) in [5, 5.41) is 4.02. The summed E-state index contributed by atoms with van der Waals surface area (Å²) >= 11 is 0. The molecular weight excluding hydrogens is 337 g/mol. The number of nitrogens with zero attached hydrogens (tertiary/aromatic N) is 4. The molecule has 11 heteroatoms. The second-order valence-corrected chi connectivity index (χ2v) is 7.53. The van der Waals surface area contributed by atoms with Gasteiger partial charge in [-0.3, -0.25) is 9.48 Å². The highest BCUT2D eigenvalue weighted by molar-refractivity contribution is 7.89. The van der Waals surface area contributed by atoms with Crippen molar-refractivity contribution in [1.82, 2.24) is 19.0 Å². The zero-order valence-corrected chi connectivity index (χ0v) is 12.8. The van der Waals surface area contributed by atoms with Crippen LogP contribution < -0.4 is 0 Å². The van der Waals surface area contributed by atoms with Gasteiger partial charge in [-0.15, -0.1) is 0 Å². The van der Waals surface area contributed by atoms with Crippen molar-refractivity contribution in [1.29, 1.82) is 0 Å². The first-order valence-corrected chi connectivity index (χ1v) is 8.51. The van der Waals surface area contributed by atoms with Crippen LogP contribution in [-0.2, 0) is 21.4 Å². The van der Waals surface area contributed by atoms with E-state index in [2.05, 4.69) is 5.10 Å². The Labute approximate surface area is 130 Å². The monoisotopic (exact) mass is 352 g/mol. The molecule has 2 aliphatic rings. The van der Waals surface area contributed by atoms with E-state index in [0.717, 1.165) is 6.42 Å². The molecule has 1 saturated heterocycles. The van der Waals surface area contributed by atoms with Crippen molar-refractivity contribution in [2.75, 3.05) is 19.6 Å². The first-order valence-electron chi connectivity index (χ1n) is 7.07. The van der Waals surface area contributed by atoms with Gasteiger partial charge in [-0.05, 0) is 12.5 Å². The third-order valence-corrected chi connectivity index (χ3v) is 5.65. The van der Waals surface area contributed by atoms with Crippen molar-refractivity contribution in [3.05, 3.63) is 18.0 Å². The minimum atomic E-state index is -5.43. The molecule has 3 heterocycles. The van der Waals surface area contributed by atoms with Crippen LogP contribution in [0, 0.1) is 0 Å². The first kappa shape index (κ1) is 16.2. The minimum Gasteiger partial charge on any atom is -0.342 e. The van der Waals surface area contributed by atoms with Crippen LogP contribution in [0.1, 0.15) is 24.6 Å². The number of carbonyl (C=O) groups excluding carboxylic acids is 1. The molecule has 3 rings (SSSR count). The molecule has 0 radical (unpaired) electrons. The summed E-state index contributed by atoms with van der Waals surface area (Å²) in [6.45, 7) is 0.427. The molecule has 0 aliphatic carbocycles. The van der Waals surface area contributed by atoms with E-state index in [9.17, 15) is 26.4 Å². The normalized spacial score (nSPS) is 22.6. The van der Waals surface area contributed by atoms with Crippen molar-refractivity contribution in [2.45, 2.75) is 30.9 Å². The number of sulfonamides is 1. The Kier molecular flexibility index (Phi) is 3.87. The fourth-order valence-corrected chi connectivity index (χ4v) is 3.69. The number of rotatable bonds is 3. The summed E-state index contributed by atoms with van der Waals surface area (Å²) in [5.74, 6) is -0.200. The maximum Gasteiger partial charge on any atom is 0.511 e. The maximum atomic E-state index is 12.8. The van der Waals surface area contributed by atoms with Crippen LogP contribution in [0.3, 0.4) is 0 Å². The van der Waals surface area contributed by atoms with Crippen molar-refractivity contribution >= 4 is 15.9 Å². The third-order valence-electron chi connectivity index (χ3n) is 4.10. The van der Waals surface area contributed by atoms with Gasteiger partial charge in [-0.25, -0.2) is 8.42 Å². The molecule has 2 aliphatic heterocycles. The van der Waals surface area contributed by atoms with E-state index >= 15 is 0 Å². The van der Waals surface area contributed by atoms with E-state index in [0.29, 0.717) is 23.1 Å². The quantitative estimate of drug-likeness (QED) is 0.803. The number of halogens is 3. The van der Waals surface area contributed by atoms with E-state index < -0.39 is 34.7 Å². The van der Waals surface area contributed by atoms with Gasteiger partial charge in [0.1, 0.15) is 0 Å². The number of hydrogen-bond donors (Lipinski definition) is 0. The van der Waals surface area contributed by atoms with Gasteiger partial charge >= 0.3 is 15.5 Å². The van der Waals surface area contributed by atoms with Crippen LogP contribution in [0.15, 0.2) is 12.3 Å². The molecule has 0 spiro atoms. The fraction of sp³-hybridized carbons (Fsp3) is 0.667. The molecule has 0 saturated carbocycles. The van der Waals surface area contributed by atoms with E-state index in [1.54, 1.807) is 4.90 Å². The molecular formula is C12H15F3N4O3S. The molecule has 1 atom stereocenters. The SMILES string of the molecule is O=C(CC1CN(S(=O)(=O)C(F)(F)F)Cc2ccnn21)N1CCC1. The summed E-state index contributed by atoms with van der Waals surface area (Å²) < 4.78 is 63.4. The number of fused-ring (bicyclic) bond motifs is 1. The number of aromatic nitrogens is 2. The molecule has 23 heavy (non-hydrogen) atoms. The van der Waals surface area contributed by atoms with E-state index in [1.807, 2.05) is 0 Å². The van der Waals surface area contributed by atoms with Crippen LogP contribution in [0.25, 0.3) is 0 Å². The summed E-state index contributed by atoms with van der Waals surface area (Å²) in [4.78, 5) is 13.7. The van der Waals surface area contributed by atoms with Crippen LogP contribution in [-0.4, -0.2) is 58.5 Å². The third kappa shape index (κ3) is 2.82. The smallest absolute Gasteiger partial charge is 0.342 e. The van der Waals surface area contributed by atoms with Gasteiger partial charge < -0.3 is 4.90 Å². The number of carbonyl (C=O) groups is 1. The van der Waals surface area contributed by atoms with Crippen molar-refractivity contribution < 1.29 is 26.4 Å². The lowest BCUT2D eigenvalue weighted by Gasteiger charge is -2.36. The number of likely N-dealkylation sites (tertiary alicyclic amines) is 1. The molecule has 1 aromatic heterocycles. The maximum absolute atomic E-state index is 12.8. The fourth-order valence-electron chi connectivity index (χ4n) is 2.73. The lowest BCUT2D eigenvalue weighted by molar-refractivity contribution is -0.135. The Balaban J connectivity index is 1.84. The zero-order valence-electron chi connectivity index (χ0n) is 12.0. The standard InChI is InChI=1S/C12H15F3N4O3S/c13-12(14,15)23(21,22)18-7-9-2-3-16-19(9)10(8-18)6-11(20)17-4-1-5-17/h2-3,10H,1,4-8H2. The van der Waals surface area contributed by atoms with E-state index in [1.165, 1.54) is 16.9 Å². The Hall–Kier alpha value is -1.62. The molecule has 0 bridgehead atoms. The molecule has 0 aromatic carbocycles. The summed E-state index contributed by atoms with van der Waals surface area (Å²) in [7, 11) is -5.43. The Morgan fingerprint density at radius 3 is 2.61 bits per heavy atom. The number of alkyl halides is 3. The highest BCUT2D eigenvalue weighted by atomic mass is 32.2. The lowest BCUT2D eigenvalue weighted by Crippen LogP contribution is -2.48. The molecule has 128 valence electrons. The largest absolute Gasteiger partial charge is 0.511 e. The van der Waals surface area contributed by atoms with E-state index in [4.69, 9.17) is 0 Å². The number of hydrogen-bond acceptors (Lipinski definition) is 4. The molecule has 1 unspecified atom stereocenters. The van der Waals surface area contributed by atoms with Crippen molar-refractivity contribution in [3.8, 4) is 0 Å². The highest BCUT2D eigenvalue weighted by Crippen LogP contribution is 2.33. The topological polar surface area (TPSA) is 75.5 Å². The molecule has 1 aromatic rings. The van der Waals surface area contributed by atoms with Crippen LogP contribution in [0.5, 0.6) is 0 Å². The van der Waals surface area contributed by atoms with Crippen LogP contribution >= 0.6 is 0 Å². The lowest BCUT2D eigenvalue weighted by atomic mass is 10.1. The predicted molar refractivity (Wildman–Crippen MR) is 72.5 cm³/mol. The number of amides is 1. The van der Waals surface area contributed by atoms with Gasteiger partial charge in [0.2, 0.25) is 5.91 Å². The van der Waals surface area contributed by atoms with Crippen molar-refractivity contribution in [3.63, 3.8) is 0 Å². The Bertz CT molecular complexity index is 711. The molecule has 7 nitrogen and oxygen atoms in total. The molecule has 1 amide bonds. The second-order valence-electron chi connectivity index (χ2n) is 5.60. The van der Waals surface area contributed by atoms with E-state index in [-0.39, 0.29) is 12.3 Å². The molecule has 0 N–H and O–H groups in total. The Morgan fingerprint density at radius 2 is 2.04 bits per heavy atom. The van der Waals surface area contributed by atoms with Crippen molar-refractivity contribution in [2.24, 2.45) is 0 Å². The summed E-state index contributed by atoms with van der Waals surface area (Å²) in [6.07, 6.45) is 2.22. The van der Waals surface area contributed by atoms with Gasteiger partial charge in [-0.1, -0.05) is 0 Å². The highest BCUT2D eigenvalue weighted by Gasteiger charge is 2.51. The van der Waals surface area contributed by atoms with Crippen LogP contribution in [0.2, 0.25) is 0 Å². The van der Waals surface area contributed by atoms with Gasteiger partial charge in [0.15, 0.2) is 0 Å². The predicted octanol–water partition coefficient (Wildman–Crippen LogP) is 0.712. The Morgan fingerprint density at radius 1 is 1.35 bits per heavy atom. The van der Waals surface area contributed by atoms with Gasteiger partial charge in [0, 0.05) is 25.8 Å². The second kappa shape index (κ2) is 5.48. The summed E-state index contributed by atoms with van der Waals surface area (Å²) in [5.41, 5.74) is -5.02. The van der Waals surface area contributed by atoms with Gasteiger partial charge in [-0.2, -0.15) is 22.6 Å². The molecule has 1 fully saturated rings. The van der Waals surface area contributed by atoms with Gasteiger partial charge in [0.25, 0.3) is 0 Å².